The van der Waals surface area contributed by atoms with Gasteiger partial charge in [-0.25, -0.2) is 4.98 Å². The number of rotatable bonds is 4. The summed E-state index contributed by atoms with van der Waals surface area (Å²) in [4.78, 5) is 32.7. The zero-order valence-electron chi connectivity index (χ0n) is 14.9. The van der Waals surface area contributed by atoms with Crippen LogP contribution < -0.4 is 10.2 Å². The second-order valence-corrected chi connectivity index (χ2v) is 8.18. The molecular formula is C20H21N3O2S. The van der Waals surface area contributed by atoms with E-state index in [1.807, 2.05) is 23.1 Å². The third-order valence-electron chi connectivity index (χ3n) is 4.49. The predicted octanol–water partition coefficient (Wildman–Crippen LogP) is 3.74. The smallest absolute Gasteiger partial charge is 0.261 e. The number of carbonyl (C=O) groups is 2. The SMILES string of the molecule is CC(C)CNC(=O)c1ccc2c(c1)Sc1ncccc1C(=O)N2C1CC1. The van der Waals surface area contributed by atoms with Crippen molar-refractivity contribution in [1.82, 2.24) is 10.3 Å². The molecule has 0 bridgehead atoms. The first-order valence-corrected chi connectivity index (χ1v) is 9.75. The highest BCUT2D eigenvalue weighted by Crippen LogP contribution is 2.44. The van der Waals surface area contributed by atoms with Crippen LogP contribution in [0.2, 0.25) is 0 Å². The number of hydrogen-bond acceptors (Lipinski definition) is 4. The summed E-state index contributed by atoms with van der Waals surface area (Å²) in [5.74, 6) is 0.309. The molecule has 1 aromatic carbocycles. The molecular weight excluding hydrogens is 346 g/mol. The van der Waals surface area contributed by atoms with Crippen molar-refractivity contribution in [2.75, 3.05) is 11.4 Å². The van der Waals surface area contributed by atoms with Crippen LogP contribution in [-0.2, 0) is 0 Å². The van der Waals surface area contributed by atoms with Crippen LogP contribution in [0.4, 0.5) is 5.69 Å². The summed E-state index contributed by atoms with van der Waals surface area (Å²) >= 11 is 1.46. The molecule has 0 unspecified atom stereocenters. The molecule has 134 valence electrons. The molecule has 26 heavy (non-hydrogen) atoms. The summed E-state index contributed by atoms with van der Waals surface area (Å²) in [7, 11) is 0. The molecule has 1 aliphatic heterocycles. The topological polar surface area (TPSA) is 62.3 Å². The van der Waals surface area contributed by atoms with Crippen molar-refractivity contribution in [3.63, 3.8) is 0 Å². The van der Waals surface area contributed by atoms with E-state index in [1.54, 1.807) is 18.3 Å². The van der Waals surface area contributed by atoms with Crippen LogP contribution in [-0.4, -0.2) is 29.4 Å². The maximum atomic E-state index is 13.1. The van der Waals surface area contributed by atoms with Gasteiger partial charge in [-0.2, -0.15) is 0 Å². The van der Waals surface area contributed by atoms with E-state index in [-0.39, 0.29) is 17.9 Å². The molecule has 2 aromatic rings. The Morgan fingerprint density at radius 3 is 2.88 bits per heavy atom. The van der Waals surface area contributed by atoms with E-state index >= 15 is 0 Å². The van der Waals surface area contributed by atoms with Crippen LogP contribution in [0.5, 0.6) is 0 Å². The lowest BCUT2D eigenvalue weighted by Gasteiger charge is -2.23. The standard InChI is InChI=1S/C20H21N3O2S/c1-12(2)11-22-18(24)13-5-8-16-17(10-13)26-19-15(4-3-9-21-19)20(25)23(16)14-6-7-14/h3-5,8-10,12,14H,6-7,11H2,1-2H3,(H,22,24). The fraction of sp³-hybridized carbons (Fsp3) is 0.350. The molecule has 4 rings (SSSR count). The Kier molecular flexibility index (Phi) is 4.44. The van der Waals surface area contributed by atoms with Gasteiger partial charge in [0.2, 0.25) is 0 Å². The maximum Gasteiger partial charge on any atom is 0.261 e. The quantitative estimate of drug-likeness (QED) is 0.894. The summed E-state index contributed by atoms with van der Waals surface area (Å²) in [6.45, 7) is 4.77. The van der Waals surface area contributed by atoms with E-state index in [2.05, 4.69) is 24.1 Å². The highest BCUT2D eigenvalue weighted by molar-refractivity contribution is 7.99. The molecule has 1 saturated carbocycles. The van der Waals surface area contributed by atoms with Crippen LogP contribution in [0.3, 0.4) is 0 Å². The Hall–Kier alpha value is -2.34. The molecule has 2 heterocycles. The van der Waals surface area contributed by atoms with Crippen molar-refractivity contribution in [3.8, 4) is 0 Å². The second kappa shape index (κ2) is 6.76. The predicted molar refractivity (Wildman–Crippen MR) is 102 cm³/mol. The largest absolute Gasteiger partial charge is 0.352 e. The average molecular weight is 367 g/mol. The lowest BCUT2D eigenvalue weighted by atomic mass is 10.1. The molecule has 1 aliphatic carbocycles. The van der Waals surface area contributed by atoms with Gasteiger partial charge < -0.3 is 10.2 Å². The molecule has 0 spiro atoms. The van der Waals surface area contributed by atoms with Gasteiger partial charge in [0.25, 0.3) is 11.8 Å². The Labute approximate surface area is 157 Å². The van der Waals surface area contributed by atoms with Gasteiger partial charge in [-0.15, -0.1) is 0 Å². The molecule has 1 fully saturated rings. The summed E-state index contributed by atoms with van der Waals surface area (Å²) < 4.78 is 0. The zero-order valence-corrected chi connectivity index (χ0v) is 15.7. The Balaban J connectivity index is 1.73. The minimum atomic E-state index is -0.0862. The van der Waals surface area contributed by atoms with Gasteiger partial charge in [-0.3, -0.25) is 9.59 Å². The highest BCUT2D eigenvalue weighted by Gasteiger charge is 2.38. The minimum absolute atomic E-state index is 0.00106. The van der Waals surface area contributed by atoms with Crippen molar-refractivity contribution in [1.29, 1.82) is 0 Å². The molecule has 0 atom stereocenters. The van der Waals surface area contributed by atoms with Gasteiger partial charge in [0.05, 0.1) is 11.3 Å². The van der Waals surface area contributed by atoms with E-state index < -0.39 is 0 Å². The van der Waals surface area contributed by atoms with Gasteiger partial charge in [0, 0.05) is 29.2 Å². The second-order valence-electron chi connectivity index (χ2n) is 7.15. The molecule has 1 aromatic heterocycles. The first kappa shape index (κ1) is 17.1. The van der Waals surface area contributed by atoms with Crippen LogP contribution in [0.1, 0.15) is 47.4 Å². The normalized spacial score (nSPS) is 16.1. The highest BCUT2D eigenvalue weighted by atomic mass is 32.2. The molecule has 0 saturated heterocycles. The minimum Gasteiger partial charge on any atom is -0.352 e. The number of hydrogen-bond donors (Lipinski definition) is 1. The van der Waals surface area contributed by atoms with E-state index in [0.29, 0.717) is 28.6 Å². The van der Waals surface area contributed by atoms with Crippen molar-refractivity contribution in [3.05, 3.63) is 47.7 Å². The molecule has 2 aliphatic rings. The van der Waals surface area contributed by atoms with E-state index in [1.165, 1.54) is 11.8 Å². The van der Waals surface area contributed by atoms with E-state index in [9.17, 15) is 9.59 Å². The van der Waals surface area contributed by atoms with Gasteiger partial charge >= 0.3 is 0 Å². The summed E-state index contributed by atoms with van der Waals surface area (Å²) in [6.07, 6.45) is 3.73. The molecule has 5 nitrogen and oxygen atoms in total. The number of carbonyl (C=O) groups excluding carboxylic acids is 2. The van der Waals surface area contributed by atoms with Gasteiger partial charge in [0.15, 0.2) is 0 Å². The maximum absolute atomic E-state index is 13.1. The van der Waals surface area contributed by atoms with Gasteiger partial charge in [-0.1, -0.05) is 25.6 Å². The molecule has 1 N–H and O–H groups in total. The Bertz CT molecular complexity index is 877. The third kappa shape index (κ3) is 3.21. The first-order valence-electron chi connectivity index (χ1n) is 8.93. The van der Waals surface area contributed by atoms with Gasteiger partial charge in [0.1, 0.15) is 5.03 Å². The van der Waals surface area contributed by atoms with Crippen LogP contribution >= 0.6 is 11.8 Å². The Morgan fingerprint density at radius 1 is 1.35 bits per heavy atom. The molecule has 6 heteroatoms. The number of amides is 2. The number of pyridine rings is 1. The van der Waals surface area contributed by atoms with E-state index in [0.717, 1.165) is 23.4 Å². The number of nitrogens with zero attached hydrogens (tertiary/aromatic N) is 2. The van der Waals surface area contributed by atoms with Crippen molar-refractivity contribution in [2.24, 2.45) is 5.92 Å². The Morgan fingerprint density at radius 2 is 2.15 bits per heavy atom. The van der Waals surface area contributed by atoms with Crippen LogP contribution in [0, 0.1) is 5.92 Å². The van der Waals surface area contributed by atoms with Gasteiger partial charge in [-0.05, 0) is 49.1 Å². The average Bonchev–Trinajstić information content (AvgIpc) is 3.46. The number of fused-ring (bicyclic) bond motifs is 2. The fourth-order valence-electron chi connectivity index (χ4n) is 3.01. The molecule has 2 amide bonds. The number of anilines is 1. The zero-order chi connectivity index (χ0) is 18.3. The lowest BCUT2D eigenvalue weighted by Crippen LogP contribution is -2.33. The number of benzene rings is 1. The number of nitrogens with one attached hydrogen (secondary N) is 1. The van der Waals surface area contributed by atoms with Crippen molar-refractivity contribution in [2.45, 2.75) is 42.7 Å². The molecule has 0 radical (unpaired) electrons. The monoisotopic (exact) mass is 367 g/mol. The fourth-order valence-corrected chi connectivity index (χ4v) is 4.05. The summed E-state index contributed by atoms with van der Waals surface area (Å²) in [6, 6.07) is 9.45. The summed E-state index contributed by atoms with van der Waals surface area (Å²) in [5.41, 5.74) is 2.12. The lowest BCUT2D eigenvalue weighted by molar-refractivity contribution is 0.0947. The summed E-state index contributed by atoms with van der Waals surface area (Å²) in [5, 5.41) is 3.65. The van der Waals surface area contributed by atoms with E-state index in [4.69, 9.17) is 0 Å². The number of aromatic nitrogens is 1. The van der Waals surface area contributed by atoms with Crippen LogP contribution in [0.15, 0.2) is 46.5 Å². The third-order valence-corrected chi connectivity index (χ3v) is 5.56. The van der Waals surface area contributed by atoms with Crippen molar-refractivity contribution >= 4 is 29.3 Å². The van der Waals surface area contributed by atoms with Crippen LogP contribution in [0.25, 0.3) is 0 Å². The first-order chi connectivity index (χ1) is 12.5. The van der Waals surface area contributed by atoms with Crippen molar-refractivity contribution < 1.29 is 9.59 Å².